The van der Waals surface area contributed by atoms with Crippen molar-refractivity contribution in [3.05, 3.63) is 35.4 Å². The Bertz CT molecular complexity index is 465. The van der Waals surface area contributed by atoms with E-state index in [4.69, 9.17) is 4.74 Å². The van der Waals surface area contributed by atoms with Gasteiger partial charge in [0.2, 0.25) is 5.91 Å². The van der Waals surface area contributed by atoms with E-state index in [1.54, 1.807) is 0 Å². The molecule has 2 aliphatic heterocycles. The number of carbonyl (C=O) groups is 1. The molecule has 0 bridgehead atoms. The highest BCUT2D eigenvalue weighted by molar-refractivity contribution is 5.79. The lowest BCUT2D eigenvalue weighted by molar-refractivity contribution is -0.126. The summed E-state index contributed by atoms with van der Waals surface area (Å²) in [6.07, 6.45) is 0. The number of nitrogens with zero attached hydrogens (tertiary/aromatic N) is 1. The fraction of sp³-hybridized carbons (Fsp3) is 0.562. The smallest absolute Gasteiger partial charge is 0.225 e. The topological polar surface area (TPSA) is 53.6 Å². The zero-order valence-corrected chi connectivity index (χ0v) is 12.3. The van der Waals surface area contributed by atoms with Crippen molar-refractivity contribution in [3.8, 4) is 0 Å². The van der Waals surface area contributed by atoms with Gasteiger partial charge in [-0.2, -0.15) is 0 Å². The van der Waals surface area contributed by atoms with Crippen molar-refractivity contribution in [1.29, 1.82) is 0 Å². The molecule has 2 heterocycles. The van der Waals surface area contributed by atoms with E-state index in [1.165, 1.54) is 5.56 Å². The largest absolute Gasteiger partial charge is 0.379 e. The van der Waals surface area contributed by atoms with E-state index in [9.17, 15) is 4.79 Å². The number of amides is 1. The van der Waals surface area contributed by atoms with Gasteiger partial charge in [0.25, 0.3) is 0 Å². The Morgan fingerprint density at radius 3 is 2.48 bits per heavy atom. The summed E-state index contributed by atoms with van der Waals surface area (Å²) in [5, 5.41) is 6.11. The summed E-state index contributed by atoms with van der Waals surface area (Å²) in [6.45, 7) is 6.90. The molecule has 21 heavy (non-hydrogen) atoms. The quantitative estimate of drug-likeness (QED) is 0.821. The van der Waals surface area contributed by atoms with Crippen LogP contribution < -0.4 is 10.6 Å². The van der Waals surface area contributed by atoms with E-state index in [2.05, 4.69) is 39.8 Å². The number of morpholine rings is 1. The number of nitrogens with one attached hydrogen (secondary N) is 2. The summed E-state index contributed by atoms with van der Waals surface area (Å²) in [6, 6.07) is 8.52. The van der Waals surface area contributed by atoms with Crippen molar-refractivity contribution in [1.82, 2.24) is 15.5 Å². The molecule has 2 aliphatic rings. The molecule has 1 aromatic carbocycles. The fourth-order valence-electron chi connectivity index (χ4n) is 2.59. The summed E-state index contributed by atoms with van der Waals surface area (Å²) in [4.78, 5) is 14.2. The van der Waals surface area contributed by atoms with Crippen LogP contribution in [-0.4, -0.2) is 50.2 Å². The van der Waals surface area contributed by atoms with Gasteiger partial charge in [-0.25, -0.2) is 0 Å². The lowest BCUT2D eigenvalue weighted by Crippen LogP contribution is -2.50. The highest BCUT2D eigenvalue weighted by Gasteiger charge is 2.24. The molecular formula is C16H23N3O2. The van der Waals surface area contributed by atoms with Crippen LogP contribution in [0.3, 0.4) is 0 Å². The first-order chi connectivity index (χ1) is 10.3. The first-order valence-corrected chi connectivity index (χ1v) is 7.67. The zero-order valence-electron chi connectivity index (χ0n) is 12.3. The van der Waals surface area contributed by atoms with Crippen molar-refractivity contribution >= 4 is 5.91 Å². The highest BCUT2D eigenvalue weighted by Crippen LogP contribution is 2.10. The zero-order chi connectivity index (χ0) is 14.5. The molecule has 1 aromatic rings. The number of ether oxygens (including phenoxy) is 1. The summed E-state index contributed by atoms with van der Waals surface area (Å²) in [5.41, 5.74) is 2.47. The van der Waals surface area contributed by atoms with Gasteiger partial charge in [-0.3, -0.25) is 9.69 Å². The van der Waals surface area contributed by atoms with Gasteiger partial charge in [-0.05, 0) is 11.1 Å². The van der Waals surface area contributed by atoms with Crippen molar-refractivity contribution in [2.75, 3.05) is 39.4 Å². The normalized spacial score (nSPS) is 20.0. The van der Waals surface area contributed by atoms with Gasteiger partial charge < -0.3 is 15.4 Å². The molecule has 0 unspecified atom stereocenters. The summed E-state index contributed by atoms with van der Waals surface area (Å²) >= 11 is 0. The van der Waals surface area contributed by atoms with E-state index in [1.807, 2.05) is 0 Å². The maximum Gasteiger partial charge on any atom is 0.225 e. The summed E-state index contributed by atoms with van der Waals surface area (Å²) < 4.78 is 5.36. The molecule has 0 aliphatic carbocycles. The van der Waals surface area contributed by atoms with E-state index >= 15 is 0 Å². The molecule has 5 nitrogen and oxygen atoms in total. The Labute approximate surface area is 125 Å². The third kappa shape index (κ3) is 4.03. The molecular weight excluding hydrogens is 266 g/mol. The molecule has 3 rings (SSSR count). The van der Waals surface area contributed by atoms with Gasteiger partial charge in [0.15, 0.2) is 0 Å². The predicted octanol–water partition coefficient (Wildman–Crippen LogP) is 0.354. The number of rotatable bonds is 5. The first kappa shape index (κ1) is 14.5. The minimum atomic E-state index is 0.158. The maximum atomic E-state index is 11.8. The standard InChI is InChI=1S/C16H23N3O2/c20-16(15-10-17-11-15)18-9-13-1-3-14(4-2-13)12-19-5-7-21-8-6-19/h1-4,15,17H,5-12H2,(H,18,20). The maximum absolute atomic E-state index is 11.8. The second kappa shape index (κ2) is 7.02. The van der Waals surface area contributed by atoms with Crippen molar-refractivity contribution in [2.24, 2.45) is 5.92 Å². The molecule has 2 saturated heterocycles. The van der Waals surface area contributed by atoms with Crippen LogP contribution in [0.15, 0.2) is 24.3 Å². The molecule has 5 heteroatoms. The monoisotopic (exact) mass is 289 g/mol. The van der Waals surface area contributed by atoms with Crippen LogP contribution >= 0.6 is 0 Å². The minimum absolute atomic E-state index is 0.158. The fourth-order valence-corrected chi connectivity index (χ4v) is 2.59. The molecule has 0 aromatic heterocycles. The lowest BCUT2D eigenvalue weighted by Gasteiger charge is -2.26. The van der Waals surface area contributed by atoms with E-state index in [0.29, 0.717) is 6.54 Å². The second-order valence-corrected chi connectivity index (χ2v) is 5.78. The summed E-state index contributed by atoms with van der Waals surface area (Å²) in [5.74, 6) is 0.316. The lowest BCUT2D eigenvalue weighted by atomic mass is 10.0. The van der Waals surface area contributed by atoms with Crippen LogP contribution in [0.2, 0.25) is 0 Å². The van der Waals surface area contributed by atoms with Gasteiger partial charge >= 0.3 is 0 Å². The molecule has 0 atom stereocenters. The van der Waals surface area contributed by atoms with Gasteiger partial charge in [0, 0.05) is 39.3 Å². The highest BCUT2D eigenvalue weighted by atomic mass is 16.5. The molecule has 114 valence electrons. The van der Waals surface area contributed by atoms with Gasteiger partial charge in [0.1, 0.15) is 0 Å². The molecule has 0 saturated carbocycles. The SMILES string of the molecule is O=C(NCc1ccc(CN2CCOCC2)cc1)C1CNC1. The number of carbonyl (C=O) groups excluding carboxylic acids is 1. The second-order valence-electron chi connectivity index (χ2n) is 5.78. The molecule has 2 fully saturated rings. The van der Waals surface area contributed by atoms with Crippen LogP contribution in [0.4, 0.5) is 0 Å². The van der Waals surface area contributed by atoms with Crippen LogP contribution in [0.25, 0.3) is 0 Å². The Kier molecular flexibility index (Phi) is 4.85. The van der Waals surface area contributed by atoms with E-state index < -0.39 is 0 Å². The third-order valence-corrected chi connectivity index (χ3v) is 4.15. The Hall–Kier alpha value is -1.43. The molecule has 0 radical (unpaired) electrons. The minimum Gasteiger partial charge on any atom is -0.379 e. The number of hydrogen-bond donors (Lipinski definition) is 2. The van der Waals surface area contributed by atoms with Crippen molar-refractivity contribution < 1.29 is 9.53 Å². The third-order valence-electron chi connectivity index (χ3n) is 4.15. The Morgan fingerprint density at radius 2 is 1.86 bits per heavy atom. The summed E-state index contributed by atoms with van der Waals surface area (Å²) in [7, 11) is 0. The van der Waals surface area contributed by atoms with Crippen molar-refractivity contribution in [2.45, 2.75) is 13.1 Å². The van der Waals surface area contributed by atoms with Crippen LogP contribution in [-0.2, 0) is 22.6 Å². The molecule has 2 N–H and O–H groups in total. The average molecular weight is 289 g/mol. The van der Waals surface area contributed by atoms with Gasteiger partial charge in [0.05, 0.1) is 19.1 Å². The van der Waals surface area contributed by atoms with Gasteiger partial charge in [-0.15, -0.1) is 0 Å². The molecule has 0 spiro atoms. The average Bonchev–Trinajstić information content (AvgIpc) is 2.46. The number of benzene rings is 1. The van der Waals surface area contributed by atoms with Crippen LogP contribution in [0, 0.1) is 5.92 Å². The number of hydrogen-bond acceptors (Lipinski definition) is 4. The van der Waals surface area contributed by atoms with Crippen molar-refractivity contribution in [3.63, 3.8) is 0 Å². The van der Waals surface area contributed by atoms with E-state index in [-0.39, 0.29) is 11.8 Å². The van der Waals surface area contributed by atoms with E-state index in [0.717, 1.165) is 51.5 Å². The molecule has 1 amide bonds. The Balaban J connectivity index is 1.45. The first-order valence-electron chi connectivity index (χ1n) is 7.67. The van der Waals surface area contributed by atoms with Crippen LogP contribution in [0.5, 0.6) is 0 Å². The Morgan fingerprint density at radius 1 is 1.19 bits per heavy atom. The van der Waals surface area contributed by atoms with Crippen LogP contribution in [0.1, 0.15) is 11.1 Å². The van der Waals surface area contributed by atoms with Gasteiger partial charge in [-0.1, -0.05) is 24.3 Å². The predicted molar refractivity (Wildman–Crippen MR) is 80.7 cm³/mol.